The molecule has 1 amide bonds. The van der Waals surface area contributed by atoms with Gasteiger partial charge in [-0.2, -0.15) is 4.98 Å². The molecule has 1 aliphatic carbocycles. The quantitative estimate of drug-likeness (QED) is 0.669. The van der Waals surface area contributed by atoms with Crippen LogP contribution >= 0.6 is 11.6 Å². The highest BCUT2D eigenvalue weighted by molar-refractivity contribution is 6.30. The second kappa shape index (κ2) is 8.07. The highest BCUT2D eigenvalue weighted by Gasteiger charge is 2.31. The first-order valence-corrected chi connectivity index (χ1v) is 10.7. The lowest BCUT2D eigenvalue weighted by atomic mass is 9.95. The molecule has 1 aliphatic heterocycles. The predicted octanol–water partition coefficient (Wildman–Crippen LogP) is 3.95. The number of amides is 1. The molecule has 0 bridgehead atoms. The number of benzene rings is 1. The van der Waals surface area contributed by atoms with Crippen LogP contribution in [0.3, 0.4) is 0 Å². The van der Waals surface area contributed by atoms with Gasteiger partial charge in [-0.3, -0.25) is 4.79 Å². The van der Waals surface area contributed by atoms with E-state index in [1.165, 1.54) is 0 Å². The second-order valence-corrected chi connectivity index (χ2v) is 8.29. The van der Waals surface area contributed by atoms with E-state index in [9.17, 15) is 4.79 Å². The zero-order valence-corrected chi connectivity index (χ0v) is 17.2. The molecule has 1 saturated heterocycles. The molecule has 30 heavy (non-hydrogen) atoms. The summed E-state index contributed by atoms with van der Waals surface area (Å²) in [5.74, 6) is 1.98. The Hall–Kier alpha value is -2.93. The minimum Gasteiger partial charge on any atom is -0.356 e. The molecule has 0 radical (unpaired) electrons. The van der Waals surface area contributed by atoms with Crippen LogP contribution in [-0.4, -0.2) is 40.2 Å². The van der Waals surface area contributed by atoms with E-state index in [4.69, 9.17) is 16.1 Å². The summed E-state index contributed by atoms with van der Waals surface area (Å²) in [6.45, 7) is 1.53. The first-order chi connectivity index (χ1) is 14.7. The van der Waals surface area contributed by atoms with Gasteiger partial charge in [0.1, 0.15) is 5.82 Å². The van der Waals surface area contributed by atoms with Gasteiger partial charge in [-0.1, -0.05) is 28.9 Å². The van der Waals surface area contributed by atoms with E-state index >= 15 is 0 Å². The van der Waals surface area contributed by atoms with Crippen molar-refractivity contribution in [1.82, 2.24) is 20.4 Å². The third-order valence-corrected chi connectivity index (χ3v) is 5.85. The van der Waals surface area contributed by atoms with E-state index in [1.807, 2.05) is 24.3 Å². The number of carbonyl (C=O) groups is 1. The van der Waals surface area contributed by atoms with Crippen LogP contribution in [0.1, 0.15) is 25.7 Å². The third-order valence-electron chi connectivity index (χ3n) is 5.61. The van der Waals surface area contributed by atoms with Crippen LogP contribution in [0.4, 0.5) is 5.82 Å². The number of rotatable bonds is 5. The average molecular weight is 424 g/mol. The molecule has 1 N–H and O–H groups in total. The Labute approximate surface area is 179 Å². The van der Waals surface area contributed by atoms with E-state index < -0.39 is 0 Å². The van der Waals surface area contributed by atoms with Gasteiger partial charge in [0.05, 0.1) is 5.56 Å². The minimum atomic E-state index is 0.0758. The molecule has 1 aromatic carbocycles. The van der Waals surface area contributed by atoms with Gasteiger partial charge in [-0.15, -0.1) is 0 Å². The summed E-state index contributed by atoms with van der Waals surface area (Å²) in [6.07, 6.45) is 5.61. The van der Waals surface area contributed by atoms with Gasteiger partial charge in [0.15, 0.2) is 0 Å². The molecule has 3 heterocycles. The Balaban J connectivity index is 1.33. The van der Waals surface area contributed by atoms with Crippen LogP contribution in [0.2, 0.25) is 5.02 Å². The molecule has 2 aromatic heterocycles. The lowest BCUT2D eigenvalue weighted by Gasteiger charge is -2.32. The van der Waals surface area contributed by atoms with Crippen molar-refractivity contribution in [1.29, 1.82) is 0 Å². The van der Waals surface area contributed by atoms with Crippen LogP contribution in [0.25, 0.3) is 22.8 Å². The number of anilines is 1. The number of carbonyl (C=O) groups excluding carboxylic acids is 1. The van der Waals surface area contributed by atoms with Crippen LogP contribution in [0.5, 0.6) is 0 Å². The lowest BCUT2D eigenvalue weighted by Crippen LogP contribution is -2.41. The standard InChI is InChI=1S/C22H22ClN5O2/c23-16-4-1-3-15(13-16)19-26-22(30-27-19)18-5-2-10-24-20(18)28-11-8-14(9-12-28)21(29)25-17-6-7-17/h1-5,10,13-14,17H,6-9,11-12H2,(H,25,29). The molecule has 154 valence electrons. The molecule has 3 aromatic rings. The smallest absolute Gasteiger partial charge is 0.261 e. The van der Waals surface area contributed by atoms with E-state index in [0.29, 0.717) is 22.8 Å². The normalized spacial score (nSPS) is 17.2. The molecular weight excluding hydrogens is 402 g/mol. The van der Waals surface area contributed by atoms with Crippen LogP contribution in [0, 0.1) is 5.92 Å². The van der Waals surface area contributed by atoms with Gasteiger partial charge >= 0.3 is 0 Å². The Morgan fingerprint density at radius 1 is 1.13 bits per heavy atom. The fraction of sp³-hybridized carbons (Fsp3) is 0.364. The van der Waals surface area contributed by atoms with Crippen molar-refractivity contribution < 1.29 is 9.32 Å². The van der Waals surface area contributed by atoms with Crippen molar-refractivity contribution in [3.05, 3.63) is 47.6 Å². The van der Waals surface area contributed by atoms with Crippen molar-refractivity contribution in [3.63, 3.8) is 0 Å². The van der Waals surface area contributed by atoms with Gasteiger partial charge in [-0.05, 0) is 49.9 Å². The summed E-state index contributed by atoms with van der Waals surface area (Å²) in [4.78, 5) is 23.7. The molecule has 5 rings (SSSR count). The molecule has 8 heteroatoms. The summed E-state index contributed by atoms with van der Waals surface area (Å²) in [7, 11) is 0. The number of halogens is 1. The third kappa shape index (κ3) is 4.03. The summed E-state index contributed by atoms with van der Waals surface area (Å²) in [6, 6.07) is 11.6. The number of nitrogens with one attached hydrogen (secondary N) is 1. The fourth-order valence-corrected chi connectivity index (χ4v) is 3.98. The highest BCUT2D eigenvalue weighted by atomic mass is 35.5. The maximum atomic E-state index is 12.4. The number of pyridine rings is 1. The maximum absolute atomic E-state index is 12.4. The monoisotopic (exact) mass is 423 g/mol. The van der Waals surface area contributed by atoms with Crippen molar-refractivity contribution in [2.24, 2.45) is 5.92 Å². The van der Waals surface area contributed by atoms with Gasteiger partial charge in [0.2, 0.25) is 11.7 Å². The number of aromatic nitrogens is 3. The van der Waals surface area contributed by atoms with Gasteiger partial charge < -0.3 is 14.7 Å². The minimum absolute atomic E-state index is 0.0758. The fourth-order valence-electron chi connectivity index (χ4n) is 3.79. The number of nitrogens with zero attached hydrogens (tertiary/aromatic N) is 4. The van der Waals surface area contributed by atoms with E-state index in [0.717, 1.165) is 55.7 Å². The Morgan fingerprint density at radius 2 is 1.97 bits per heavy atom. The number of hydrogen-bond acceptors (Lipinski definition) is 6. The van der Waals surface area contributed by atoms with Crippen molar-refractivity contribution in [3.8, 4) is 22.8 Å². The molecule has 0 atom stereocenters. The van der Waals surface area contributed by atoms with E-state index in [1.54, 1.807) is 18.3 Å². The van der Waals surface area contributed by atoms with Gasteiger partial charge in [0, 0.05) is 41.8 Å². The van der Waals surface area contributed by atoms with Crippen molar-refractivity contribution in [2.75, 3.05) is 18.0 Å². The zero-order valence-electron chi connectivity index (χ0n) is 16.4. The van der Waals surface area contributed by atoms with E-state index in [2.05, 4.69) is 25.3 Å². The Kier molecular flexibility index (Phi) is 5.12. The largest absolute Gasteiger partial charge is 0.356 e. The maximum Gasteiger partial charge on any atom is 0.261 e. The summed E-state index contributed by atoms with van der Waals surface area (Å²) >= 11 is 6.08. The zero-order chi connectivity index (χ0) is 20.5. The Bertz CT molecular complexity index is 1060. The van der Waals surface area contributed by atoms with Crippen LogP contribution in [0.15, 0.2) is 47.1 Å². The number of hydrogen-bond donors (Lipinski definition) is 1. The molecule has 2 aliphatic rings. The molecule has 0 spiro atoms. The first kappa shape index (κ1) is 19.1. The Morgan fingerprint density at radius 3 is 2.73 bits per heavy atom. The topological polar surface area (TPSA) is 84.2 Å². The summed E-state index contributed by atoms with van der Waals surface area (Å²) < 4.78 is 5.55. The van der Waals surface area contributed by atoms with Gasteiger partial charge in [0.25, 0.3) is 5.89 Å². The molecule has 1 saturated carbocycles. The van der Waals surface area contributed by atoms with E-state index in [-0.39, 0.29) is 11.8 Å². The molecule has 7 nitrogen and oxygen atoms in total. The van der Waals surface area contributed by atoms with Crippen molar-refractivity contribution in [2.45, 2.75) is 31.7 Å². The van der Waals surface area contributed by atoms with Crippen molar-refractivity contribution >= 4 is 23.3 Å². The summed E-state index contributed by atoms with van der Waals surface area (Å²) in [5, 5.41) is 7.86. The first-order valence-electron chi connectivity index (χ1n) is 10.3. The van der Waals surface area contributed by atoms with Crippen LogP contribution in [-0.2, 0) is 4.79 Å². The average Bonchev–Trinajstić information content (AvgIpc) is 3.45. The highest BCUT2D eigenvalue weighted by Crippen LogP contribution is 2.32. The molecule has 0 unspecified atom stereocenters. The molecule has 2 fully saturated rings. The second-order valence-electron chi connectivity index (χ2n) is 7.85. The van der Waals surface area contributed by atoms with Gasteiger partial charge in [-0.25, -0.2) is 4.98 Å². The predicted molar refractivity (Wildman–Crippen MR) is 114 cm³/mol. The summed E-state index contributed by atoms with van der Waals surface area (Å²) in [5.41, 5.74) is 1.59. The number of piperidine rings is 1. The molecular formula is C22H22ClN5O2. The van der Waals surface area contributed by atoms with Crippen LogP contribution < -0.4 is 10.2 Å². The SMILES string of the molecule is O=C(NC1CC1)C1CCN(c2ncccc2-c2nc(-c3cccc(Cl)c3)no2)CC1. The lowest BCUT2D eigenvalue weighted by molar-refractivity contribution is -0.125.